The Morgan fingerprint density at radius 2 is 1.87 bits per heavy atom. The van der Waals surface area contributed by atoms with Gasteiger partial charge in [-0.05, 0) is 55.0 Å². The molecule has 0 spiro atoms. The van der Waals surface area contributed by atoms with E-state index in [9.17, 15) is 22.8 Å². The van der Waals surface area contributed by atoms with Crippen LogP contribution in [0.25, 0.3) is 0 Å². The summed E-state index contributed by atoms with van der Waals surface area (Å²) >= 11 is 1.16. The van der Waals surface area contributed by atoms with Gasteiger partial charge in [0.05, 0.1) is 36.5 Å². The summed E-state index contributed by atoms with van der Waals surface area (Å²) in [7, 11) is 3.00. The SMILES string of the molecule is COCc1ccc(C)cc1N1C(=O)CSC1=NC(=O)Nc1ccc(OCC2N=CN(c3ccc(OC(F)(F)F)cc3)N2)cc1OC. The minimum atomic E-state index is -4.77. The highest BCUT2D eigenvalue weighted by Crippen LogP contribution is 2.33. The Morgan fingerprint density at radius 1 is 1.11 bits per heavy atom. The number of hydrazine groups is 1. The molecule has 0 radical (unpaired) electrons. The molecule has 0 bridgehead atoms. The number of ether oxygens (including phenoxy) is 4. The van der Waals surface area contributed by atoms with E-state index >= 15 is 0 Å². The summed E-state index contributed by atoms with van der Waals surface area (Å²) in [6.45, 7) is 2.30. The second-order valence-corrected chi connectivity index (χ2v) is 10.8. The lowest BCUT2D eigenvalue weighted by atomic mass is 10.1. The number of anilines is 3. The Morgan fingerprint density at radius 3 is 2.59 bits per heavy atom. The van der Waals surface area contributed by atoms with Gasteiger partial charge in [0.1, 0.15) is 30.2 Å². The number of hydrogen-bond donors (Lipinski definition) is 2. The highest BCUT2D eigenvalue weighted by Gasteiger charge is 2.33. The van der Waals surface area contributed by atoms with E-state index in [1.54, 1.807) is 30.3 Å². The average Bonchev–Trinajstić information content (AvgIpc) is 3.63. The van der Waals surface area contributed by atoms with Gasteiger partial charge in [-0.15, -0.1) is 13.2 Å². The summed E-state index contributed by atoms with van der Waals surface area (Å²) < 4.78 is 57.7. The molecule has 12 nitrogen and oxygen atoms in total. The number of amides is 3. The number of carbonyl (C=O) groups is 2. The predicted octanol–water partition coefficient (Wildman–Crippen LogP) is 5.47. The Balaban J connectivity index is 1.19. The van der Waals surface area contributed by atoms with E-state index in [0.29, 0.717) is 28.6 Å². The van der Waals surface area contributed by atoms with Crippen molar-refractivity contribution in [2.24, 2.45) is 9.98 Å². The number of amidine groups is 1. The van der Waals surface area contributed by atoms with E-state index < -0.39 is 18.6 Å². The van der Waals surface area contributed by atoms with Gasteiger partial charge in [-0.25, -0.2) is 15.2 Å². The van der Waals surface area contributed by atoms with Crippen molar-refractivity contribution in [3.8, 4) is 17.2 Å². The summed E-state index contributed by atoms with van der Waals surface area (Å²) in [5.41, 5.74) is 6.28. The molecule has 1 atom stereocenters. The lowest BCUT2D eigenvalue weighted by Crippen LogP contribution is -2.39. The van der Waals surface area contributed by atoms with Crippen LogP contribution >= 0.6 is 11.8 Å². The minimum absolute atomic E-state index is 0.107. The molecule has 1 saturated heterocycles. The summed E-state index contributed by atoms with van der Waals surface area (Å²) in [5.74, 6) is 0.351. The Labute approximate surface area is 266 Å². The summed E-state index contributed by atoms with van der Waals surface area (Å²) in [5, 5.41) is 4.48. The zero-order valence-electron chi connectivity index (χ0n) is 24.8. The molecular weight excluding hydrogens is 629 g/mol. The molecule has 1 fully saturated rings. The number of thioether (sulfide) groups is 1. The minimum Gasteiger partial charge on any atom is -0.494 e. The molecule has 46 heavy (non-hydrogen) atoms. The second kappa shape index (κ2) is 14.1. The first-order valence-electron chi connectivity index (χ1n) is 13.7. The van der Waals surface area contributed by atoms with Crippen LogP contribution in [0.1, 0.15) is 11.1 Å². The van der Waals surface area contributed by atoms with Gasteiger partial charge in [0, 0.05) is 18.7 Å². The number of carbonyl (C=O) groups excluding carboxylic acids is 2. The van der Waals surface area contributed by atoms with Crippen molar-refractivity contribution < 1.29 is 41.7 Å². The number of urea groups is 1. The molecule has 0 saturated carbocycles. The first kappa shape index (κ1) is 32.6. The van der Waals surface area contributed by atoms with Crippen LogP contribution in [0.2, 0.25) is 0 Å². The molecular formula is C30H29F3N6O6S. The monoisotopic (exact) mass is 658 g/mol. The molecule has 2 aliphatic heterocycles. The standard InChI is InChI=1S/C30H29F3N6O6S/c1-18-4-5-19(14-42-2)24(12-18)39-27(40)16-46-29(39)36-28(41)35-23-11-10-22(13-25(23)43-3)44-15-26-34-17-38(37-26)20-6-8-21(9-7-20)45-30(31,32)33/h4-13,17,26,37H,14-16H2,1-3H3,(H,35,41). The molecule has 16 heteroatoms. The number of nitrogens with one attached hydrogen (secondary N) is 2. The molecule has 0 aliphatic carbocycles. The molecule has 3 aromatic rings. The Hall–Kier alpha value is -4.80. The van der Waals surface area contributed by atoms with Crippen molar-refractivity contribution in [1.29, 1.82) is 0 Å². The fourth-order valence-electron chi connectivity index (χ4n) is 4.52. The number of methoxy groups -OCH3 is 2. The third kappa shape index (κ3) is 8.07. The van der Waals surface area contributed by atoms with Crippen LogP contribution in [-0.4, -0.2) is 62.6 Å². The summed E-state index contributed by atoms with van der Waals surface area (Å²) in [6, 6.07) is 15.1. The lowest BCUT2D eigenvalue weighted by Gasteiger charge is -2.20. The van der Waals surface area contributed by atoms with Gasteiger partial charge in [0.2, 0.25) is 5.91 Å². The summed E-state index contributed by atoms with van der Waals surface area (Å²) in [6.07, 6.45) is -3.77. The van der Waals surface area contributed by atoms with Gasteiger partial charge in [-0.1, -0.05) is 23.9 Å². The molecule has 2 aliphatic rings. The normalized spacial score (nSPS) is 17.1. The maximum absolute atomic E-state index is 13.0. The van der Waals surface area contributed by atoms with Gasteiger partial charge in [-0.2, -0.15) is 4.99 Å². The highest BCUT2D eigenvalue weighted by atomic mass is 32.2. The fraction of sp³-hybridized carbons (Fsp3) is 0.267. The van der Waals surface area contributed by atoms with E-state index in [1.165, 1.54) is 42.6 Å². The number of benzene rings is 3. The number of nitrogens with zero attached hydrogens (tertiary/aromatic N) is 4. The van der Waals surface area contributed by atoms with Crippen LogP contribution < -0.4 is 34.9 Å². The van der Waals surface area contributed by atoms with Crippen molar-refractivity contribution in [3.63, 3.8) is 0 Å². The topological polar surface area (TPSA) is 126 Å². The fourth-order valence-corrected chi connectivity index (χ4v) is 5.37. The molecule has 3 amide bonds. The summed E-state index contributed by atoms with van der Waals surface area (Å²) in [4.78, 5) is 35.7. The molecule has 1 unspecified atom stereocenters. The number of rotatable bonds is 10. The van der Waals surface area contributed by atoms with E-state index in [2.05, 4.69) is 25.5 Å². The number of alkyl halides is 3. The first-order chi connectivity index (χ1) is 22.0. The Kier molecular flexibility index (Phi) is 9.99. The van der Waals surface area contributed by atoms with Crippen LogP contribution in [-0.2, 0) is 16.1 Å². The third-order valence-corrected chi connectivity index (χ3v) is 7.49. The maximum atomic E-state index is 13.0. The second-order valence-electron chi connectivity index (χ2n) is 9.90. The quantitative estimate of drug-likeness (QED) is 0.292. The molecule has 242 valence electrons. The van der Waals surface area contributed by atoms with E-state index in [4.69, 9.17) is 14.2 Å². The van der Waals surface area contributed by atoms with Gasteiger partial charge in [0.25, 0.3) is 0 Å². The molecule has 2 heterocycles. The van der Waals surface area contributed by atoms with Crippen LogP contribution in [0.4, 0.5) is 35.0 Å². The smallest absolute Gasteiger partial charge is 0.494 e. The lowest BCUT2D eigenvalue weighted by molar-refractivity contribution is -0.274. The number of halogens is 3. The Bertz CT molecular complexity index is 1650. The zero-order valence-corrected chi connectivity index (χ0v) is 25.6. The number of aliphatic imine (C=N–C) groups is 2. The average molecular weight is 659 g/mol. The van der Waals surface area contributed by atoms with Crippen LogP contribution in [0, 0.1) is 6.92 Å². The highest BCUT2D eigenvalue weighted by molar-refractivity contribution is 8.15. The predicted molar refractivity (Wildman–Crippen MR) is 168 cm³/mol. The van der Waals surface area contributed by atoms with Crippen molar-refractivity contribution in [3.05, 3.63) is 71.8 Å². The van der Waals surface area contributed by atoms with Crippen LogP contribution in [0.3, 0.4) is 0 Å². The first-order valence-corrected chi connectivity index (χ1v) is 14.7. The molecule has 0 aromatic heterocycles. The van der Waals surface area contributed by atoms with E-state index in [0.717, 1.165) is 22.9 Å². The van der Waals surface area contributed by atoms with E-state index in [-0.39, 0.29) is 35.8 Å². The van der Waals surface area contributed by atoms with Crippen molar-refractivity contribution in [2.75, 3.05) is 41.8 Å². The largest absolute Gasteiger partial charge is 0.573 e. The number of aryl methyl sites for hydroxylation is 1. The van der Waals surface area contributed by atoms with Crippen molar-refractivity contribution >= 4 is 52.3 Å². The van der Waals surface area contributed by atoms with Crippen molar-refractivity contribution in [1.82, 2.24) is 5.43 Å². The van der Waals surface area contributed by atoms with Gasteiger partial charge < -0.3 is 24.3 Å². The zero-order chi connectivity index (χ0) is 32.8. The van der Waals surface area contributed by atoms with Crippen molar-refractivity contribution in [2.45, 2.75) is 26.1 Å². The molecule has 5 rings (SSSR count). The van der Waals surface area contributed by atoms with Crippen LogP contribution in [0.5, 0.6) is 17.2 Å². The van der Waals surface area contributed by atoms with E-state index in [1.807, 2.05) is 25.1 Å². The maximum Gasteiger partial charge on any atom is 0.573 e. The molecule has 3 aromatic carbocycles. The third-order valence-electron chi connectivity index (χ3n) is 6.57. The number of hydrogen-bond acceptors (Lipinski definition) is 10. The van der Waals surface area contributed by atoms with Crippen LogP contribution in [0.15, 0.2) is 70.6 Å². The van der Waals surface area contributed by atoms with Gasteiger partial charge in [0.15, 0.2) is 11.3 Å². The van der Waals surface area contributed by atoms with Gasteiger partial charge >= 0.3 is 12.4 Å². The molecule has 2 N–H and O–H groups in total. The van der Waals surface area contributed by atoms with Gasteiger partial charge in [-0.3, -0.25) is 14.7 Å².